The Hall–Kier alpha value is -0.610. The summed E-state index contributed by atoms with van der Waals surface area (Å²) in [6.07, 6.45) is 2.27. The molecule has 0 aromatic heterocycles. The van der Waals surface area contributed by atoms with Crippen LogP contribution in [0.3, 0.4) is 0 Å². The number of amides is 1. The van der Waals surface area contributed by atoms with E-state index in [2.05, 4.69) is 15.5 Å². The zero-order chi connectivity index (χ0) is 10.6. The average molecular weight is 199 g/mol. The van der Waals surface area contributed by atoms with Crippen molar-refractivity contribution in [3.8, 4) is 0 Å². The zero-order valence-electron chi connectivity index (χ0n) is 9.34. The van der Waals surface area contributed by atoms with Gasteiger partial charge >= 0.3 is 0 Å². The van der Waals surface area contributed by atoms with Crippen LogP contribution in [-0.4, -0.2) is 50.1 Å². The summed E-state index contributed by atoms with van der Waals surface area (Å²) in [5, 5.41) is 5.97. The van der Waals surface area contributed by atoms with Crippen molar-refractivity contribution < 1.29 is 4.79 Å². The molecule has 0 radical (unpaired) electrons. The first-order valence-electron chi connectivity index (χ1n) is 5.32. The topological polar surface area (TPSA) is 44.4 Å². The molecular weight excluding hydrogens is 178 g/mol. The van der Waals surface area contributed by atoms with Gasteiger partial charge in [0.1, 0.15) is 0 Å². The third-order valence-corrected chi connectivity index (χ3v) is 3.11. The summed E-state index contributed by atoms with van der Waals surface area (Å²) in [5.41, 5.74) is 0. The summed E-state index contributed by atoms with van der Waals surface area (Å²) >= 11 is 0. The first-order valence-corrected chi connectivity index (χ1v) is 5.32. The van der Waals surface area contributed by atoms with Crippen LogP contribution in [0.5, 0.6) is 0 Å². The number of likely N-dealkylation sites (tertiary alicyclic amines) is 1. The minimum absolute atomic E-state index is 0.0119. The van der Waals surface area contributed by atoms with Crippen LogP contribution in [0.1, 0.15) is 19.8 Å². The van der Waals surface area contributed by atoms with Crippen molar-refractivity contribution in [2.45, 2.75) is 31.8 Å². The number of carbonyl (C=O) groups is 1. The molecule has 4 nitrogen and oxygen atoms in total. The average Bonchev–Trinajstić information content (AvgIpc) is 2.27. The molecule has 1 aliphatic rings. The SMILES string of the molecule is CNC(=O)C(C)N1CCC(NC)CC1. The Labute approximate surface area is 86.0 Å². The van der Waals surface area contributed by atoms with Gasteiger partial charge in [0.15, 0.2) is 0 Å². The van der Waals surface area contributed by atoms with Gasteiger partial charge in [-0.25, -0.2) is 0 Å². The number of likely N-dealkylation sites (N-methyl/N-ethyl adjacent to an activating group) is 1. The number of nitrogens with one attached hydrogen (secondary N) is 2. The second kappa shape index (κ2) is 5.32. The highest BCUT2D eigenvalue weighted by atomic mass is 16.2. The maximum atomic E-state index is 11.4. The molecule has 4 heteroatoms. The smallest absolute Gasteiger partial charge is 0.236 e. The Morgan fingerprint density at radius 3 is 2.36 bits per heavy atom. The first-order chi connectivity index (χ1) is 6.69. The Kier molecular flexibility index (Phi) is 4.35. The molecule has 1 saturated heterocycles. The number of hydrogen-bond donors (Lipinski definition) is 2. The highest BCUT2D eigenvalue weighted by Crippen LogP contribution is 2.12. The Morgan fingerprint density at radius 1 is 1.36 bits per heavy atom. The standard InChI is InChI=1S/C10H21N3O/c1-8(10(14)12-3)13-6-4-9(11-2)5-7-13/h8-9,11H,4-7H2,1-3H3,(H,12,14). The van der Waals surface area contributed by atoms with Crippen molar-refractivity contribution in [3.63, 3.8) is 0 Å². The quantitative estimate of drug-likeness (QED) is 0.662. The zero-order valence-corrected chi connectivity index (χ0v) is 9.34. The summed E-state index contributed by atoms with van der Waals surface area (Å²) in [6.45, 7) is 4.00. The molecule has 82 valence electrons. The van der Waals surface area contributed by atoms with E-state index >= 15 is 0 Å². The number of nitrogens with zero attached hydrogens (tertiary/aromatic N) is 1. The largest absolute Gasteiger partial charge is 0.358 e. The Bertz CT molecular complexity index is 188. The van der Waals surface area contributed by atoms with Gasteiger partial charge in [0.2, 0.25) is 5.91 Å². The summed E-state index contributed by atoms with van der Waals surface area (Å²) in [5.74, 6) is 0.118. The molecule has 1 fully saturated rings. The lowest BCUT2D eigenvalue weighted by molar-refractivity contribution is -0.125. The molecule has 0 aromatic carbocycles. The molecule has 1 unspecified atom stereocenters. The molecule has 1 atom stereocenters. The van der Waals surface area contributed by atoms with Gasteiger partial charge in [-0.3, -0.25) is 9.69 Å². The van der Waals surface area contributed by atoms with Crippen LogP contribution in [0.15, 0.2) is 0 Å². The predicted molar refractivity (Wildman–Crippen MR) is 57.2 cm³/mol. The molecular formula is C10H21N3O. The predicted octanol–water partition coefficient (Wildman–Crippen LogP) is -0.195. The van der Waals surface area contributed by atoms with E-state index in [4.69, 9.17) is 0 Å². The van der Waals surface area contributed by atoms with E-state index in [1.807, 2.05) is 14.0 Å². The molecule has 0 bridgehead atoms. The van der Waals surface area contributed by atoms with Crippen LogP contribution in [0.4, 0.5) is 0 Å². The van der Waals surface area contributed by atoms with Crippen LogP contribution >= 0.6 is 0 Å². The maximum Gasteiger partial charge on any atom is 0.236 e. The molecule has 1 amide bonds. The van der Waals surface area contributed by atoms with Crippen molar-refractivity contribution in [1.82, 2.24) is 15.5 Å². The molecule has 0 saturated carbocycles. The van der Waals surface area contributed by atoms with E-state index in [1.54, 1.807) is 7.05 Å². The van der Waals surface area contributed by atoms with Crippen molar-refractivity contribution in [2.75, 3.05) is 27.2 Å². The second-order valence-electron chi connectivity index (χ2n) is 3.89. The van der Waals surface area contributed by atoms with Crippen LogP contribution in [0, 0.1) is 0 Å². The van der Waals surface area contributed by atoms with Gasteiger partial charge in [0, 0.05) is 26.2 Å². The number of carbonyl (C=O) groups excluding carboxylic acids is 1. The van der Waals surface area contributed by atoms with Crippen molar-refractivity contribution in [3.05, 3.63) is 0 Å². The summed E-state index contributed by atoms with van der Waals surface area (Å²) in [7, 11) is 3.70. The lowest BCUT2D eigenvalue weighted by Gasteiger charge is -2.34. The maximum absolute atomic E-state index is 11.4. The highest BCUT2D eigenvalue weighted by Gasteiger charge is 2.24. The van der Waals surface area contributed by atoms with Crippen molar-refractivity contribution >= 4 is 5.91 Å². The van der Waals surface area contributed by atoms with Crippen molar-refractivity contribution in [2.24, 2.45) is 0 Å². The second-order valence-corrected chi connectivity index (χ2v) is 3.89. The van der Waals surface area contributed by atoms with Gasteiger partial charge < -0.3 is 10.6 Å². The van der Waals surface area contributed by atoms with Gasteiger partial charge in [-0.05, 0) is 26.8 Å². The fraction of sp³-hybridized carbons (Fsp3) is 0.900. The third kappa shape index (κ3) is 2.69. The highest BCUT2D eigenvalue weighted by molar-refractivity contribution is 5.80. The lowest BCUT2D eigenvalue weighted by Crippen LogP contribution is -2.50. The number of rotatable bonds is 3. The summed E-state index contributed by atoms with van der Waals surface area (Å²) in [6, 6.07) is 0.640. The molecule has 0 aromatic rings. The van der Waals surface area contributed by atoms with Crippen molar-refractivity contribution in [1.29, 1.82) is 0 Å². The Morgan fingerprint density at radius 2 is 1.93 bits per heavy atom. The van der Waals surface area contributed by atoms with E-state index in [-0.39, 0.29) is 11.9 Å². The first kappa shape index (κ1) is 11.5. The molecule has 1 rings (SSSR count). The van der Waals surface area contributed by atoms with E-state index in [0.29, 0.717) is 6.04 Å². The minimum Gasteiger partial charge on any atom is -0.358 e. The normalized spacial score (nSPS) is 21.9. The lowest BCUT2D eigenvalue weighted by atomic mass is 10.0. The third-order valence-electron chi connectivity index (χ3n) is 3.11. The molecule has 1 heterocycles. The fourth-order valence-electron chi connectivity index (χ4n) is 1.95. The van der Waals surface area contributed by atoms with E-state index in [9.17, 15) is 4.79 Å². The molecule has 14 heavy (non-hydrogen) atoms. The monoisotopic (exact) mass is 199 g/mol. The summed E-state index contributed by atoms with van der Waals surface area (Å²) < 4.78 is 0. The van der Waals surface area contributed by atoms with Gasteiger partial charge in [-0.15, -0.1) is 0 Å². The van der Waals surface area contributed by atoms with Gasteiger partial charge in [0.05, 0.1) is 6.04 Å². The molecule has 0 aliphatic carbocycles. The van der Waals surface area contributed by atoms with E-state index in [0.717, 1.165) is 25.9 Å². The van der Waals surface area contributed by atoms with Gasteiger partial charge in [-0.1, -0.05) is 0 Å². The summed E-state index contributed by atoms with van der Waals surface area (Å²) in [4.78, 5) is 13.6. The number of piperidine rings is 1. The Balaban J connectivity index is 2.37. The van der Waals surface area contributed by atoms with Crippen LogP contribution < -0.4 is 10.6 Å². The molecule has 1 aliphatic heterocycles. The van der Waals surface area contributed by atoms with Gasteiger partial charge in [-0.2, -0.15) is 0 Å². The molecule has 0 spiro atoms. The fourth-order valence-corrected chi connectivity index (χ4v) is 1.95. The van der Waals surface area contributed by atoms with Crippen LogP contribution in [0.25, 0.3) is 0 Å². The molecule has 2 N–H and O–H groups in total. The number of hydrogen-bond acceptors (Lipinski definition) is 3. The van der Waals surface area contributed by atoms with Crippen LogP contribution in [0.2, 0.25) is 0 Å². The van der Waals surface area contributed by atoms with Crippen LogP contribution in [-0.2, 0) is 4.79 Å². The minimum atomic E-state index is 0.0119. The van der Waals surface area contributed by atoms with E-state index in [1.165, 1.54) is 0 Å². The van der Waals surface area contributed by atoms with E-state index < -0.39 is 0 Å². The van der Waals surface area contributed by atoms with Gasteiger partial charge in [0.25, 0.3) is 0 Å².